The number of carbonyl (C=O) groups is 1. The molecule has 0 bridgehead atoms. The SMILES string of the molecule is CC[C@@H](C)Oc1ccc(/C=C2\SC(=S)N(c3ccc(N(C)C)cc3)C2=O)cc1. The van der Waals surface area contributed by atoms with Gasteiger partial charge in [-0.25, -0.2) is 0 Å². The number of anilines is 2. The molecule has 0 unspecified atom stereocenters. The Bertz CT molecular complexity index is 890. The van der Waals surface area contributed by atoms with E-state index in [9.17, 15) is 4.79 Å². The molecular formula is C22H24N2O2S2. The summed E-state index contributed by atoms with van der Waals surface area (Å²) >= 11 is 6.78. The molecule has 4 nitrogen and oxygen atoms in total. The first-order valence-electron chi connectivity index (χ1n) is 9.21. The van der Waals surface area contributed by atoms with Crippen molar-refractivity contribution in [3.63, 3.8) is 0 Å². The fraction of sp³-hybridized carbons (Fsp3) is 0.273. The molecular weight excluding hydrogens is 388 g/mol. The van der Waals surface area contributed by atoms with Gasteiger partial charge in [0.05, 0.1) is 16.7 Å². The number of amides is 1. The molecule has 0 radical (unpaired) electrons. The first-order chi connectivity index (χ1) is 13.4. The lowest BCUT2D eigenvalue weighted by Gasteiger charge is -2.17. The summed E-state index contributed by atoms with van der Waals surface area (Å²) in [6.45, 7) is 4.14. The number of thioether (sulfide) groups is 1. The van der Waals surface area contributed by atoms with Crippen LogP contribution in [0.1, 0.15) is 25.8 Å². The van der Waals surface area contributed by atoms with E-state index in [2.05, 4.69) is 6.92 Å². The van der Waals surface area contributed by atoms with Crippen molar-refractivity contribution >= 4 is 51.7 Å². The van der Waals surface area contributed by atoms with Crippen molar-refractivity contribution in [3.8, 4) is 5.75 Å². The van der Waals surface area contributed by atoms with Crippen LogP contribution in [0.5, 0.6) is 5.75 Å². The second kappa shape index (κ2) is 8.80. The molecule has 146 valence electrons. The van der Waals surface area contributed by atoms with Gasteiger partial charge >= 0.3 is 0 Å². The van der Waals surface area contributed by atoms with E-state index in [0.717, 1.165) is 29.1 Å². The average molecular weight is 413 g/mol. The number of hydrogen-bond acceptors (Lipinski definition) is 5. The van der Waals surface area contributed by atoms with Crippen LogP contribution < -0.4 is 14.5 Å². The van der Waals surface area contributed by atoms with Gasteiger partial charge in [0.1, 0.15) is 5.75 Å². The third-order valence-electron chi connectivity index (χ3n) is 4.51. The Labute approximate surface area is 176 Å². The summed E-state index contributed by atoms with van der Waals surface area (Å²) < 4.78 is 6.35. The predicted octanol–water partition coefficient (Wildman–Crippen LogP) is 5.34. The predicted molar refractivity (Wildman–Crippen MR) is 123 cm³/mol. The topological polar surface area (TPSA) is 32.8 Å². The van der Waals surface area contributed by atoms with E-state index in [1.54, 1.807) is 4.90 Å². The Morgan fingerprint density at radius 1 is 1.14 bits per heavy atom. The molecule has 0 N–H and O–H groups in total. The third kappa shape index (κ3) is 4.56. The average Bonchev–Trinajstić information content (AvgIpc) is 2.96. The molecule has 6 heteroatoms. The van der Waals surface area contributed by atoms with E-state index in [-0.39, 0.29) is 12.0 Å². The van der Waals surface area contributed by atoms with Crippen molar-refractivity contribution in [3.05, 3.63) is 59.0 Å². The van der Waals surface area contributed by atoms with Gasteiger partial charge in [-0.15, -0.1) is 0 Å². The minimum atomic E-state index is -0.0902. The maximum absolute atomic E-state index is 12.9. The fourth-order valence-corrected chi connectivity index (χ4v) is 4.00. The molecule has 1 heterocycles. The number of ether oxygens (including phenoxy) is 1. The highest BCUT2D eigenvalue weighted by Crippen LogP contribution is 2.36. The van der Waals surface area contributed by atoms with Crippen molar-refractivity contribution in [2.45, 2.75) is 26.4 Å². The Morgan fingerprint density at radius 3 is 2.36 bits per heavy atom. The smallest absolute Gasteiger partial charge is 0.270 e. The van der Waals surface area contributed by atoms with Crippen molar-refractivity contribution in [1.82, 2.24) is 0 Å². The number of nitrogens with zero attached hydrogens (tertiary/aromatic N) is 2. The standard InChI is InChI=1S/C22H24N2O2S2/c1-5-15(2)26-19-12-6-16(7-13-19)14-20-21(25)24(22(27)28-20)18-10-8-17(9-11-18)23(3)4/h6-15H,5H2,1-4H3/b20-14-/t15-/m1/s1. The van der Waals surface area contributed by atoms with Crippen LogP contribution in [-0.4, -0.2) is 30.4 Å². The quantitative estimate of drug-likeness (QED) is 0.473. The second-order valence-corrected chi connectivity index (χ2v) is 8.51. The highest BCUT2D eigenvalue weighted by atomic mass is 32.2. The zero-order valence-corrected chi connectivity index (χ0v) is 18.1. The van der Waals surface area contributed by atoms with Gasteiger partial charge in [-0.2, -0.15) is 0 Å². The Balaban J connectivity index is 1.77. The number of thiocarbonyl (C=S) groups is 1. The van der Waals surface area contributed by atoms with Crippen LogP contribution in [0.15, 0.2) is 53.4 Å². The minimum absolute atomic E-state index is 0.0902. The highest BCUT2D eigenvalue weighted by Gasteiger charge is 2.33. The lowest BCUT2D eigenvalue weighted by atomic mass is 10.2. The van der Waals surface area contributed by atoms with Crippen LogP contribution in [0.3, 0.4) is 0 Å². The van der Waals surface area contributed by atoms with Gasteiger partial charge < -0.3 is 9.64 Å². The summed E-state index contributed by atoms with van der Waals surface area (Å²) in [6.07, 6.45) is 3.02. The maximum atomic E-state index is 12.9. The van der Waals surface area contributed by atoms with E-state index in [1.165, 1.54) is 11.8 Å². The molecule has 1 aliphatic heterocycles. The summed E-state index contributed by atoms with van der Waals surface area (Å²) in [5.74, 6) is 0.743. The van der Waals surface area contributed by atoms with Gasteiger partial charge in [-0.05, 0) is 61.4 Å². The van der Waals surface area contributed by atoms with Gasteiger partial charge in [0, 0.05) is 19.8 Å². The second-order valence-electron chi connectivity index (χ2n) is 6.83. The molecule has 0 aliphatic carbocycles. The molecule has 1 fully saturated rings. The van der Waals surface area contributed by atoms with E-state index >= 15 is 0 Å². The first-order valence-corrected chi connectivity index (χ1v) is 10.4. The van der Waals surface area contributed by atoms with E-state index < -0.39 is 0 Å². The molecule has 2 aromatic rings. The van der Waals surface area contributed by atoms with Crippen molar-refractivity contribution in [1.29, 1.82) is 0 Å². The lowest BCUT2D eigenvalue weighted by Crippen LogP contribution is -2.27. The van der Waals surface area contributed by atoms with Gasteiger partial charge in [0.2, 0.25) is 0 Å². The van der Waals surface area contributed by atoms with E-state index in [1.807, 2.05) is 80.5 Å². The number of rotatable bonds is 6. The molecule has 0 spiro atoms. The lowest BCUT2D eigenvalue weighted by molar-refractivity contribution is -0.113. The van der Waals surface area contributed by atoms with Gasteiger partial charge in [0.25, 0.3) is 5.91 Å². The van der Waals surface area contributed by atoms with Crippen LogP contribution >= 0.6 is 24.0 Å². The van der Waals surface area contributed by atoms with Crippen LogP contribution in [0, 0.1) is 0 Å². The van der Waals surface area contributed by atoms with Crippen LogP contribution in [0.2, 0.25) is 0 Å². The van der Waals surface area contributed by atoms with Crippen molar-refractivity contribution in [2.75, 3.05) is 23.9 Å². The summed E-state index contributed by atoms with van der Waals surface area (Å²) in [7, 11) is 3.97. The molecule has 28 heavy (non-hydrogen) atoms. The van der Waals surface area contributed by atoms with Crippen molar-refractivity contribution in [2.24, 2.45) is 0 Å². The Kier molecular flexibility index (Phi) is 6.42. The van der Waals surface area contributed by atoms with Crippen molar-refractivity contribution < 1.29 is 9.53 Å². The highest BCUT2D eigenvalue weighted by molar-refractivity contribution is 8.27. The summed E-state index contributed by atoms with van der Waals surface area (Å²) in [6, 6.07) is 15.6. The summed E-state index contributed by atoms with van der Waals surface area (Å²) in [4.78, 5) is 17.1. The van der Waals surface area contributed by atoms with Crippen LogP contribution in [0.4, 0.5) is 11.4 Å². The summed E-state index contributed by atoms with van der Waals surface area (Å²) in [5.41, 5.74) is 2.80. The van der Waals surface area contributed by atoms with Gasteiger partial charge in [-0.3, -0.25) is 9.69 Å². The summed E-state index contributed by atoms with van der Waals surface area (Å²) in [5, 5.41) is 0. The number of hydrogen-bond donors (Lipinski definition) is 0. The Hall–Kier alpha value is -2.31. The monoisotopic (exact) mass is 412 g/mol. The van der Waals surface area contributed by atoms with Gasteiger partial charge in [0.15, 0.2) is 4.32 Å². The largest absolute Gasteiger partial charge is 0.491 e. The zero-order valence-electron chi connectivity index (χ0n) is 16.5. The number of benzene rings is 2. The fourth-order valence-electron chi connectivity index (χ4n) is 2.70. The maximum Gasteiger partial charge on any atom is 0.270 e. The van der Waals surface area contributed by atoms with E-state index in [0.29, 0.717) is 9.23 Å². The van der Waals surface area contributed by atoms with E-state index in [4.69, 9.17) is 17.0 Å². The third-order valence-corrected chi connectivity index (χ3v) is 5.81. The molecule has 0 saturated carbocycles. The Morgan fingerprint density at radius 2 is 1.79 bits per heavy atom. The molecule has 1 amide bonds. The molecule has 1 aliphatic rings. The molecule has 2 aromatic carbocycles. The minimum Gasteiger partial charge on any atom is -0.491 e. The molecule has 0 aromatic heterocycles. The number of carbonyl (C=O) groups excluding carboxylic acids is 1. The van der Waals surface area contributed by atoms with Gasteiger partial charge in [-0.1, -0.05) is 43.0 Å². The molecule has 1 atom stereocenters. The normalized spacial score (nSPS) is 16.6. The zero-order chi connectivity index (χ0) is 20.3. The molecule has 1 saturated heterocycles. The van der Waals surface area contributed by atoms with Crippen LogP contribution in [-0.2, 0) is 4.79 Å². The van der Waals surface area contributed by atoms with Crippen LogP contribution in [0.25, 0.3) is 6.08 Å². The first kappa shape index (κ1) is 20.4. The molecule has 3 rings (SSSR count).